The lowest BCUT2D eigenvalue weighted by Gasteiger charge is -2.07. The average Bonchev–Trinajstić information content (AvgIpc) is 2.99. The van der Waals surface area contributed by atoms with Gasteiger partial charge in [-0.15, -0.1) is 0 Å². The Morgan fingerprint density at radius 2 is 0.864 bits per heavy atom. The van der Waals surface area contributed by atoms with Crippen molar-refractivity contribution in [2.24, 2.45) is 0 Å². The van der Waals surface area contributed by atoms with E-state index in [4.69, 9.17) is 0 Å². The maximum Gasteiger partial charge on any atom is 0.230 e. The predicted molar refractivity (Wildman–Crippen MR) is 178 cm³/mol. The zero-order chi connectivity index (χ0) is 32.2. The summed E-state index contributed by atoms with van der Waals surface area (Å²) in [5.41, 5.74) is 2.52. The highest BCUT2D eigenvalue weighted by molar-refractivity contribution is 8.77. The highest BCUT2D eigenvalue weighted by Gasteiger charge is 2.07. The summed E-state index contributed by atoms with van der Waals surface area (Å²) in [5, 5.41) is 11.3. The molecule has 0 aliphatic carbocycles. The second-order valence-corrected chi connectivity index (χ2v) is 12.7. The number of hydrogen-bond donors (Lipinski definition) is 4. The van der Waals surface area contributed by atoms with Crippen molar-refractivity contribution in [2.45, 2.75) is 65.2 Å². The molecule has 2 aromatic rings. The van der Waals surface area contributed by atoms with Gasteiger partial charge in [0.25, 0.3) is 0 Å². The van der Waals surface area contributed by atoms with Crippen LogP contribution >= 0.6 is 21.6 Å². The minimum atomic E-state index is -0.0910. The number of rotatable bonds is 21. The SMILES string of the molecule is CC(=O)c1ccc(NC(=O)CCCCCNC(=O)CSSCC(=O)NCCCCCC(=O)Nc2ccc(C(C)=O)cc2)cc1. The van der Waals surface area contributed by atoms with Crippen LogP contribution in [0.3, 0.4) is 0 Å². The van der Waals surface area contributed by atoms with Gasteiger partial charge >= 0.3 is 0 Å². The molecule has 4 N–H and O–H groups in total. The van der Waals surface area contributed by atoms with Crippen molar-refractivity contribution in [2.75, 3.05) is 35.2 Å². The number of benzene rings is 2. The molecule has 0 bridgehead atoms. The van der Waals surface area contributed by atoms with Gasteiger partial charge in [-0.05, 0) is 88.1 Å². The average molecular weight is 643 g/mol. The van der Waals surface area contributed by atoms with Gasteiger partial charge in [0.15, 0.2) is 11.6 Å². The summed E-state index contributed by atoms with van der Waals surface area (Å²) in [4.78, 5) is 70.7. The molecule has 2 rings (SSSR count). The standard InChI is InChI=1S/C32H42N4O6S2/c1-23(37)25-11-15-27(16-12-25)35-29(39)9-5-3-7-19-33-31(41)21-43-44-22-32(42)34-20-8-4-6-10-30(40)36-28-17-13-26(14-18-28)24(2)38/h11-18H,3-10,19-22H2,1-2H3,(H,33,41)(H,34,42)(H,35,39)(H,36,40). The molecule has 238 valence electrons. The van der Waals surface area contributed by atoms with Crippen molar-refractivity contribution in [3.63, 3.8) is 0 Å². The highest BCUT2D eigenvalue weighted by atomic mass is 33.1. The van der Waals surface area contributed by atoms with E-state index in [9.17, 15) is 28.8 Å². The molecule has 10 nitrogen and oxygen atoms in total. The third-order valence-corrected chi connectivity index (χ3v) is 8.55. The number of anilines is 2. The van der Waals surface area contributed by atoms with Crippen LogP contribution in [0.5, 0.6) is 0 Å². The maximum absolute atomic E-state index is 12.1. The van der Waals surface area contributed by atoms with E-state index in [1.807, 2.05) is 0 Å². The molecule has 0 saturated heterocycles. The van der Waals surface area contributed by atoms with Gasteiger partial charge in [0.05, 0.1) is 11.5 Å². The number of nitrogens with one attached hydrogen (secondary N) is 4. The molecule has 0 aromatic heterocycles. The Balaban J connectivity index is 1.38. The van der Waals surface area contributed by atoms with E-state index < -0.39 is 0 Å². The molecule has 44 heavy (non-hydrogen) atoms. The Morgan fingerprint density at radius 1 is 0.500 bits per heavy atom. The molecule has 2 aromatic carbocycles. The molecule has 0 aliphatic rings. The molecular formula is C32H42N4O6S2. The number of unbranched alkanes of at least 4 members (excludes halogenated alkanes) is 4. The van der Waals surface area contributed by atoms with E-state index in [-0.39, 0.29) is 46.7 Å². The van der Waals surface area contributed by atoms with Crippen LogP contribution in [0.4, 0.5) is 11.4 Å². The molecule has 0 fully saturated rings. The summed E-state index contributed by atoms with van der Waals surface area (Å²) < 4.78 is 0. The smallest absolute Gasteiger partial charge is 0.230 e. The van der Waals surface area contributed by atoms with Gasteiger partial charge in [-0.3, -0.25) is 28.8 Å². The maximum atomic E-state index is 12.1. The molecule has 0 atom stereocenters. The highest BCUT2D eigenvalue weighted by Crippen LogP contribution is 2.20. The minimum absolute atomic E-state index is 0.0210. The van der Waals surface area contributed by atoms with Crippen molar-refractivity contribution in [1.29, 1.82) is 0 Å². The summed E-state index contributed by atoms with van der Waals surface area (Å²) in [7, 11) is 2.66. The number of carbonyl (C=O) groups excluding carboxylic acids is 6. The number of carbonyl (C=O) groups is 6. The Morgan fingerprint density at radius 3 is 1.20 bits per heavy atom. The first-order valence-corrected chi connectivity index (χ1v) is 17.2. The van der Waals surface area contributed by atoms with Crippen LogP contribution in [0.15, 0.2) is 48.5 Å². The van der Waals surface area contributed by atoms with Crippen LogP contribution in [0.25, 0.3) is 0 Å². The summed E-state index contributed by atoms with van der Waals surface area (Å²) in [6.07, 6.45) is 5.35. The minimum Gasteiger partial charge on any atom is -0.355 e. The van der Waals surface area contributed by atoms with E-state index in [1.54, 1.807) is 48.5 Å². The third kappa shape index (κ3) is 16.3. The van der Waals surface area contributed by atoms with E-state index in [2.05, 4.69) is 21.3 Å². The molecule has 0 aliphatic heterocycles. The summed E-state index contributed by atoms with van der Waals surface area (Å²) >= 11 is 0. The topological polar surface area (TPSA) is 151 Å². The van der Waals surface area contributed by atoms with Crippen molar-refractivity contribution >= 4 is 68.2 Å². The van der Waals surface area contributed by atoms with Crippen LogP contribution in [0.1, 0.15) is 85.9 Å². The van der Waals surface area contributed by atoms with Crippen LogP contribution in [0.2, 0.25) is 0 Å². The summed E-state index contributed by atoms with van der Waals surface area (Å²) in [6.45, 7) is 4.06. The van der Waals surface area contributed by atoms with Crippen molar-refractivity contribution in [3.05, 3.63) is 59.7 Å². The van der Waals surface area contributed by atoms with E-state index >= 15 is 0 Å². The van der Waals surface area contributed by atoms with Gasteiger partial charge in [-0.1, -0.05) is 34.4 Å². The molecule has 0 radical (unpaired) electrons. The normalized spacial score (nSPS) is 10.5. The number of ketones is 2. The van der Waals surface area contributed by atoms with Gasteiger partial charge in [0, 0.05) is 48.4 Å². The largest absolute Gasteiger partial charge is 0.355 e. The second kappa shape index (κ2) is 21.1. The van der Waals surface area contributed by atoms with Crippen LogP contribution < -0.4 is 21.3 Å². The Hall–Kier alpha value is -3.64. The Kier molecular flexibility index (Phi) is 17.5. The zero-order valence-corrected chi connectivity index (χ0v) is 27.0. The van der Waals surface area contributed by atoms with Gasteiger partial charge in [0.1, 0.15) is 0 Å². The molecule has 4 amide bonds. The molecule has 0 heterocycles. The summed E-state index contributed by atoms with van der Waals surface area (Å²) in [5.74, 6) is 0.117. The lowest BCUT2D eigenvalue weighted by Crippen LogP contribution is -2.27. The molecule has 0 saturated carbocycles. The first-order valence-electron chi connectivity index (χ1n) is 14.7. The van der Waals surface area contributed by atoms with Crippen LogP contribution in [-0.4, -0.2) is 59.8 Å². The fourth-order valence-corrected chi connectivity index (χ4v) is 5.67. The fraction of sp³-hybridized carbons (Fsp3) is 0.438. The number of amides is 4. The third-order valence-electron chi connectivity index (χ3n) is 6.42. The quantitative estimate of drug-likeness (QED) is 0.0803. The Bertz CT molecular complexity index is 1150. The van der Waals surface area contributed by atoms with Crippen molar-refractivity contribution < 1.29 is 28.8 Å². The summed E-state index contributed by atoms with van der Waals surface area (Å²) in [6, 6.07) is 13.6. The van der Waals surface area contributed by atoms with Gasteiger partial charge < -0.3 is 21.3 Å². The van der Waals surface area contributed by atoms with Gasteiger partial charge in [-0.2, -0.15) is 0 Å². The first-order chi connectivity index (χ1) is 21.1. The van der Waals surface area contributed by atoms with E-state index in [0.29, 0.717) is 61.3 Å². The van der Waals surface area contributed by atoms with Crippen molar-refractivity contribution in [3.8, 4) is 0 Å². The molecular weight excluding hydrogens is 601 g/mol. The van der Waals surface area contributed by atoms with Crippen LogP contribution in [-0.2, 0) is 19.2 Å². The lowest BCUT2D eigenvalue weighted by molar-refractivity contribution is -0.119. The number of hydrogen-bond acceptors (Lipinski definition) is 8. The Labute approximate surface area is 267 Å². The van der Waals surface area contributed by atoms with Crippen molar-refractivity contribution in [1.82, 2.24) is 10.6 Å². The molecule has 0 spiro atoms. The lowest BCUT2D eigenvalue weighted by atomic mass is 10.1. The molecule has 0 unspecified atom stereocenters. The second-order valence-electron chi connectivity index (χ2n) is 10.2. The van der Waals surface area contributed by atoms with Gasteiger partial charge in [0.2, 0.25) is 23.6 Å². The number of Topliss-reactive ketones (excluding diaryl/α,β-unsaturated/α-hetero) is 2. The first kappa shape index (κ1) is 36.6. The van der Waals surface area contributed by atoms with Gasteiger partial charge in [-0.25, -0.2) is 0 Å². The monoisotopic (exact) mass is 642 g/mol. The van der Waals surface area contributed by atoms with E-state index in [1.165, 1.54) is 35.4 Å². The fourth-order valence-electron chi connectivity index (χ4n) is 3.95. The predicted octanol–water partition coefficient (Wildman–Crippen LogP) is 5.40. The van der Waals surface area contributed by atoms with Crippen LogP contribution in [0, 0.1) is 0 Å². The zero-order valence-electron chi connectivity index (χ0n) is 25.4. The van der Waals surface area contributed by atoms with E-state index in [0.717, 1.165) is 25.7 Å². The molecule has 12 heteroatoms.